The van der Waals surface area contributed by atoms with E-state index in [-0.39, 0.29) is 0 Å². The average molecular weight is 159 g/mol. The normalized spacial score (nSPS) is 15.3. The summed E-state index contributed by atoms with van der Waals surface area (Å²) in [6, 6.07) is 5.90. The van der Waals surface area contributed by atoms with Crippen molar-refractivity contribution in [2.75, 3.05) is 0 Å². The van der Waals surface area contributed by atoms with E-state index in [0.717, 1.165) is 6.42 Å². The van der Waals surface area contributed by atoms with Gasteiger partial charge in [-0.15, -0.1) is 0 Å². The Kier molecular flexibility index (Phi) is 1.94. The van der Waals surface area contributed by atoms with Crippen LogP contribution in [0.4, 0.5) is 0 Å². The second kappa shape index (κ2) is 3.10. The molecule has 0 fully saturated rings. The minimum Gasteiger partial charge on any atom is -0.285 e. The van der Waals surface area contributed by atoms with E-state index in [2.05, 4.69) is 6.07 Å². The molecule has 0 saturated heterocycles. The van der Waals surface area contributed by atoms with Gasteiger partial charge in [-0.3, -0.25) is 4.79 Å². The molecule has 0 aromatic heterocycles. The van der Waals surface area contributed by atoms with Crippen LogP contribution < -0.4 is 0 Å². The Labute approximate surface area is 72.4 Å². The molecular formula is C11H11O. The second-order valence-corrected chi connectivity index (χ2v) is 3.29. The molecule has 1 aliphatic carbocycles. The van der Waals surface area contributed by atoms with Gasteiger partial charge in [-0.05, 0) is 42.9 Å². The van der Waals surface area contributed by atoms with Crippen LogP contribution >= 0.6 is 0 Å². The molecule has 0 N–H and O–H groups in total. The van der Waals surface area contributed by atoms with E-state index in [1.807, 2.05) is 18.4 Å². The van der Waals surface area contributed by atoms with Gasteiger partial charge >= 0.3 is 0 Å². The maximum Gasteiger partial charge on any atom is 0.233 e. The van der Waals surface area contributed by atoms with Crippen LogP contribution in [-0.2, 0) is 17.6 Å². The summed E-state index contributed by atoms with van der Waals surface area (Å²) in [5, 5.41) is 0. The first kappa shape index (κ1) is 7.53. The smallest absolute Gasteiger partial charge is 0.233 e. The summed E-state index contributed by atoms with van der Waals surface area (Å²) in [5.74, 6) is 0. The quantitative estimate of drug-likeness (QED) is 0.612. The maximum absolute atomic E-state index is 10.4. The Bertz CT molecular complexity index is 302. The van der Waals surface area contributed by atoms with Gasteiger partial charge in [0.25, 0.3) is 0 Å². The Morgan fingerprint density at radius 1 is 1.08 bits per heavy atom. The van der Waals surface area contributed by atoms with Gasteiger partial charge < -0.3 is 0 Å². The molecule has 1 nitrogen and oxygen atoms in total. The number of hydrogen-bond acceptors (Lipinski definition) is 1. The predicted molar refractivity (Wildman–Crippen MR) is 47.9 cm³/mol. The Balaban J connectivity index is 2.42. The van der Waals surface area contributed by atoms with Gasteiger partial charge in [-0.2, -0.15) is 0 Å². The summed E-state index contributed by atoms with van der Waals surface area (Å²) >= 11 is 0. The van der Waals surface area contributed by atoms with Crippen molar-refractivity contribution in [2.24, 2.45) is 0 Å². The van der Waals surface area contributed by atoms with Crippen molar-refractivity contribution in [1.82, 2.24) is 0 Å². The molecule has 1 heteroatoms. The van der Waals surface area contributed by atoms with Gasteiger partial charge in [0.1, 0.15) is 0 Å². The van der Waals surface area contributed by atoms with Crippen LogP contribution in [0, 0.1) is 0 Å². The highest BCUT2D eigenvalue weighted by molar-refractivity contribution is 5.75. The molecule has 2 rings (SSSR count). The van der Waals surface area contributed by atoms with Crippen molar-refractivity contribution in [3.05, 3.63) is 34.9 Å². The number of benzene rings is 1. The molecule has 0 bridgehead atoms. The van der Waals surface area contributed by atoms with E-state index in [0.29, 0.717) is 5.56 Å². The fourth-order valence-electron chi connectivity index (χ4n) is 1.80. The minimum atomic E-state index is 0.690. The van der Waals surface area contributed by atoms with Crippen LogP contribution in [-0.4, -0.2) is 6.29 Å². The third-order valence-corrected chi connectivity index (χ3v) is 2.47. The molecule has 1 radical (unpaired) electrons. The fourth-order valence-corrected chi connectivity index (χ4v) is 1.80. The van der Waals surface area contributed by atoms with Gasteiger partial charge in [-0.1, -0.05) is 12.1 Å². The van der Waals surface area contributed by atoms with Crippen LogP contribution in [0.1, 0.15) is 29.5 Å². The van der Waals surface area contributed by atoms with Gasteiger partial charge in [-0.25, -0.2) is 0 Å². The van der Waals surface area contributed by atoms with Crippen LogP contribution in [0.3, 0.4) is 0 Å². The number of aryl methyl sites for hydroxylation is 2. The number of fused-ring (bicyclic) bond motifs is 1. The van der Waals surface area contributed by atoms with Crippen LogP contribution in [0.25, 0.3) is 0 Å². The van der Waals surface area contributed by atoms with Crippen molar-refractivity contribution >= 4 is 6.29 Å². The molecule has 0 saturated carbocycles. The molecule has 0 heterocycles. The molecule has 0 aliphatic heterocycles. The summed E-state index contributed by atoms with van der Waals surface area (Å²) in [4.78, 5) is 10.4. The van der Waals surface area contributed by atoms with Gasteiger partial charge in [0.05, 0.1) is 0 Å². The topological polar surface area (TPSA) is 17.1 Å². The lowest BCUT2D eigenvalue weighted by atomic mass is 9.91. The molecular weight excluding hydrogens is 148 g/mol. The maximum atomic E-state index is 10.4. The van der Waals surface area contributed by atoms with E-state index in [9.17, 15) is 4.79 Å². The molecule has 61 valence electrons. The zero-order valence-electron chi connectivity index (χ0n) is 6.97. The number of hydrogen-bond donors (Lipinski definition) is 0. The lowest BCUT2D eigenvalue weighted by Crippen LogP contribution is -2.02. The predicted octanol–water partition coefficient (Wildman–Crippen LogP) is 2.02. The molecule has 12 heavy (non-hydrogen) atoms. The largest absolute Gasteiger partial charge is 0.285 e. The highest BCUT2D eigenvalue weighted by Gasteiger charge is 2.08. The zero-order chi connectivity index (χ0) is 8.39. The number of rotatable bonds is 1. The standard InChI is InChI=1S/C11H11O/c12-8-9-5-6-10-3-1-2-4-11(10)7-9/h5-7H,1-4H2. The molecule has 0 amide bonds. The van der Waals surface area contributed by atoms with E-state index in [1.54, 1.807) is 0 Å². The molecule has 1 aromatic rings. The number of carbonyl (C=O) groups excluding carboxylic acids is 1. The molecule has 1 aliphatic rings. The SMILES string of the molecule is O=[C]c1ccc2c(c1)CCCC2. The van der Waals surface area contributed by atoms with Gasteiger partial charge in [0.15, 0.2) is 0 Å². The van der Waals surface area contributed by atoms with Crippen molar-refractivity contribution in [3.63, 3.8) is 0 Å². The van der Waals surface area contributed by atoms with Crippen molar-refractivity contribution < 1.29 is 4.79 Å². The monoisotopic (exact) mass is 159 g/mol. The first-order chi connectivity index (χ1) is 5.90. The fraction of sp³-hybridized carbons (Fsp3) is 0.364. The third-order valence-electron chi connectivity index (χ3n) is 2.47. The van der Waals surface area contributed by atoms with Gasteiger partial charge in [0.2, 0.25) is 6.29 Å². The van der Waals surface area contributed by atoms with Crippen LogP contribution in [0.5, 0.6) is 0 Å². The molecule has 1 aromatic carbocycles. The van der Waals surface area contributed by atoms with E-state index in [4.69, 9.17) is 0 Å². The summed E-state index contributed by atoms with van der Waals surface area (Å²) < 4.78 is 0. The summed E-state index contributed by atoms with van der Waals surface area (Å²) in [5.41, 5.74) is 3.46. The van der Waals surface area contributed by atoms with E-state index < -0.39 is 0 Å². The van der Waals surface area contributed by atoms with E-state index in [1.165, 1.54) is 30.4 Å². The average Bonchev–Trinajstić information content (AvgIpc) is 2.17. The van der Waals surface area contributed by atoms with Crippen molar-refractivity contribution in [2.45, 2.75) is 25.7 Å². The van der Waals surface area contributed by atoms with E-state index >= 15 is 0 Å². The minimum absolute atomic E-state index is 0.690. The molecule has 0 spiro atoms. The van der Waals surface area contributed by atoms with Crippen LogP contribution in [0.2, 0.25) is 0 Å². The Morgan fingerprint density at radius 2 is 1.83 bits per heavy atom. The van der Waals surface area contributed by atoms with Crippen LogP contribution in [0.15, 0.2) is 18.2 Å². The first-order valence-electron chi connectivity index (χ1n) is 4.40. The lowest BCUT2D eigenvalue weighted by molar-refractivity contribution is 0.562. The summed E-state index contributed by atoms with van der Waals surface area (Å²) in [7, 11) is 0. The summed E-state index contributed by atoms with van der Waals surface area (Å²) in [6.45, 7) is 0. The summed E-state index contributed by atoms with van der Waals surface area (Å²) in [6.07, 6.45) is 6.78. The highest BCUT2D eigenvalue weighted by Crippen LogP contribution is 2.21. The first-order valence-corrected chi connectivity index (χ1v) is 4.40. The second-order valence-electron chi connectivity index (χ2n) is 3.29. The Hall–Kier alpha value is -1.11. The highest BCUT2D eigenvalue weighted by atomic mass is 16.1. The van der Waals surface area contributed by atoms with Crippen molar-refractivity contribution in [1.29, 1.82) is 0 Å². The van der Waals surface area contributed by atoms with Crippen molar-refractivity contribution in [3.8, 4) is 0 Å². The zero-order valence-corrected chi connectivity index (χ0v) is 6.97. The Morgan fingerprint density at radius 3 is 2.58 bits per heavy atom. The molecule has 0 atom stereocenters. The molecule has 0 unspecified atom stereocenters. The lowest BCUT2D eigenvalue weighted by Gasteiger charge is -2.14. The van der Waals surface area contributed by atoms with Gasteiger partial charge in [0, 0.05) is 5.56 Å². The third kappa shape index (κ3) is 1.27.